The van der Waals surface area contributed by atoms with Gasteiger partial charge in [-0.1, -0.05) is 20.8 Å². The van der Waals surface area contributed by atoms with Crippen LogP contribution in [-0.4, -0.2) is 46.6 Å². The third-order valence-corrected chi connectivity index (χ3v) is 5.23. The highest BCUT2D eigenvalue weighted by Gasteiger charge is 2.27. The molecule has 23 heavy (non-hydrogen) atoms. The summed E-state index contributed by atoms with van der Waals surface area (Å²) in [7, 11) is 0. The topological polar surface area (TPSA) is 82.5 Å². The molecule has 1 saturated heterocycles. The second-order valence-electron chi connectivity index (χ2n) is 7.00. The van der Waals surface area contributed by atoms with Crippen molar-refractivity contribution < 1.29 is 14.7 Å². The molecule has 1 atom stereocenters. The number of hydrogen-bond donors (Lipinski definition) is 2. The minimum atomic E-state index is -0.820. The molecule has 0 aliphatic carbocycles. The Morgan fingerprint density at radius 3 is 2.83 bits per heavy atom. The number of carbonyl (C=O) groups is 2. The Hall–Kier alpha value is -1.63. The molecule has 1 aliphatic rings. The molecule has 0 aromatic carbocycles. The van der Waals surface area contributed by atoms with Crippen molar-refractivity contribution in [3.05, 3.63) is 16.1 Å². The zero-order valence-electron chi connectivity index (χ0n) is 14.0. The van der Waals surface area contributed by atoms with Gasteiger partial charge >= 0.3 is 12.0 Å². The van der Waals surface area contributed by atoms with Gasteiger partial charge in [-0.2, -0.15) is 0 Å². The first-order valence-corrected chi connectivity index (χ1v) is 8.86. The molecule has 1 aliphatic heterocycles. The molecule has 7 heteroatoms. The molecule has 1 unspecified atom stereocenters. The van der Waals surface area contributed by atoms with Gasteiger partial charge in [0, 0.05) is 36.9 Å². The van der Waals surface area contributed by atoms with Gasteiger partial charge < -0.3 is 15.3 Å². The van der Waals surface area contributed by atoms with Gasteiger partial charge in [-0.15, -0.1) is 11.3 Å². The van der Waals surface area contributed by atoms with E-state index in [9.17, 15) is 9.59 Å². The van der Waals surface area contributed by atoms with Crippen molar-refractivity contribution >= 4 is 23.3 Å². The number of nitrogens with one attached hydrogen (secondary N) is 1. The van der Waals surface area contributed by atoms with Crippen LogP contribution in [0.5, 0.6) is 0 Å². The number of nitrogens with zero attached hydrogens (tertiary/aromatic N) is 2. The number of rotatable bonds is 4. The van der Waals surface area contributed by atoms with Crippen LogP contribution in [-0.2, 0) is 16.6 Å². The third-order valence-electron chi connectivity index (χ3n) is 3.91. The highest BCUT2D eigenvalue weighted by molar-refractivity contribution is 7.09. The predicted octanol–water partition coefficient (Wildman–Crippen LogP) is 2.49. The van der Waals surface area contributed by atoms with Crippen molar-refractivity contribution in [3.63, 3.8) is 0 Å². The molecule has 0 saturated carbocycles. The Morgan fingerprint density at radius 1 is 1.48 bits per heavy atom. The summed E-state index contributed by atoms with van der Waals surface area (Å²) in [4.78, 5) is 29.4. The normalized spacial score (nSPS) is 18.7. The van der Waals surface area contributed by atoms with Gasteiger partial charge in [0.05, 0.1) is 16.6 Å². The Labute approximate surface area is 140 Å². The number of amides is 2. The van der Waals surface area contributed by atoms with Crippen molar-refractivity contribution in [2.45, 2.75) is 45.4 Å². The maximum absolute atomic E-state index is 12.1. The van der Waals surface area contributed by atoms with Crippen molar-refractivity contribution in [1.82, 2.24) is 15.2 Å². The van der Waals surface area contributed by atoms with Crippen LogP contribution in [0.15, 0.2) is 5.38 Å². The van der Waals surface area contributed by atoms with Crippen LogP contribution in [0.1, 0.15) is 44.3 Å². The lowest BCUT2D eigenvalue weighted by atomic mass is 9.98. The minimum absolute atomic E-state index is 0.0474. The molecule has 2 heterocycles. The summed E-state index contributed by atoms with van der Waals surface area (Å²) in [6, 6.07) is -0.178. The number of urea groups is 1. The summed E-state index contributed by atoms with van der Waals surface area (Å²) >= 11 is 1.65. The van der Waals surface area contributed by atoms with Gasteiger partial charge in [0.2, 0.25) is 0 Å². The molecule has 1 fully saturated rings. The predicted molar refractivity (Wildman–Crippen MR) is 89.8 cm³/mol. The first-order valence-electron chi connectivity index (χ1n) is 7.98. The molecule has 2 N–H and O–H groups in total. The average molecular weight is 339 g/mol. The van der Waals surface area contributed by atoms with E-state index in [4.69, 9.17) is 5.11 Å². The number of carboxylic acids is 1. The fraction of sp³-hybridized carbons (Fsp3) is 0.688. The number of hydrogen-bond acceptors (Lipinski definition) is 4. The Balaban J connectivity index is 1.78. The SMILES string of the molecule is CC(C)(C)c1nc(CCNC(=O)N2CCCC(C(=O)O)C2)cs1. The van der Waals surface area contributed by atoms with E-state index in [0.717, 1.165) is 17.1 Å². The van der Waals surface area contributed by atoms with Crippen LogP contribution in [0.2, 0.25) is 0 Å². The summed E-state index contributed by atoms with van der Waals surface area (Å²) < 4.78 is 0. The number of thiazole rings is 1. The van der Waals surface area contributed by atoms with Crippen LogP contribution in [0, 0.1) is 5.92 Å². The summed E-state index contributed by atoms with van der Waals surface area (Å²) in [6.07, 6.45) is 2.08. The maximum atomic E-state index is 12.1. The van der Waals surface area contributed by atoms with Crippen molar-refractivity contribution in [2.75, 3.05) is 19.6 Å². The maximum Gasteiger partial charge on any atom is 0.317 e. The van der Waals surface area contributed by atoms with Crippen LogP contribution in [0.4, 0.5) is 4.79 Å². The number of aromatic nitrogens is 1. The molecule has 0 radical (unpaired) electrons. The summed E-state index contributed by atoms with van der Waals surface area (Å²) in [6.45, 7) is 7.83. The van der Waals surface area contributed by atoms with E-state index in [2.05, 4.69) is 31.1 Å². The molecule has 2 amide bonds. The molecule has 1 aromatic heterocycles. The fourth-order valence-corrected chi connectivity index (χ4v) is 3.48. The fourth-order valence-electron chi connectivity index (χ4n) is 2.54. The number of carboxylic acid groups (broad SMARTS) is 1. The Morgan fingerprint density at radius 2 is 2.22 bits per heavy atom. The van der Waals surface area contributed by atoms with Crippen LogP contribution in [0.25, 0.3) is 0 Å². The third kappa shape index (κ3) is 4.92. The highest BCUT2D eigenvalue weighted by atomic mass is 32.1. The second-order valence-corrected chi connectivity index (χ2v) is 7.86. The molecule has 0 bridgehead atoms. The van der Waals surface area contributed by atoms with E-state index < -0.39 is 11.9 Å². The van der Waals surface area contributed by atoms with E-state index in [-0.39, 0.29) is 11.4 Å². The van der Waals surface area contributed by atoms with E-state index in [0.29, 0.717) is 32.5 Å². The lowest BCUT2D eigenvalue weighted by Crippen LogP contribution is -2.47. The van der Waals surface area contributed by atoms with Gasteiger partial charge in [-0.05, 0) is 12.8 Å². The van der Waals surface area contributed by atoms with E-state index in [1.807, 2.05) is 5.38 Å². The minimum Gasteiger partial charge on any atom is -0.481 e. The smallest absolute Gasteiger partial charge is 0.317 e. The quantitative estimate of drug-likeness (QED) is 0.883. The molecule has 6 nitrogen and oxygen atoms in total. The molecular weight excluding hydrogens is 314 g/mol. The van der Waals surface area contributed by atoms with Crippen molar-refractivity contribution in [2.24, 2.45) is 5.92 Å². The lowest BCUT2D eigenvalue weighted by Gasteiger charge is -2.30. The van der Waals surface area contributed by atoms with Crippen molar-refractivity contribution in [1.29, 1.82) is 0 Å². The van der Waals surface area contributed by atoms with Crippen molar-refractivity contribution in [3.8, 4) is 0 Å². The summed E-state index contributed by atoms with van der Waals surface area (Å²) in [5.41, 5.74) is 1.04. The van der Waals surface area contributed by atoms with E-state index >= 15 is 0 Å². The molecular formula is C16H25N3O3S. The molecule has 1 aromatic rings. The van der Waals surface area contributed by atoms with Crippen LogP contribution in [0.3, 0.4) is 0 Å². The number of likely N-dealkylation sites (tertiary alicyclic amines) is 1. The summed E-state index contributed by atoms with van der Waals surface area (Å²) in [5, 5.41) is 15.1. The molecule has 128 valence electrons. The zero-order chi connectivity index (χ0) is 17.0. The lowest BCUT2D eigenvalue weighted by molar-refractivity contribution is -0.143. The standard InChI is InChI=1S/C16H25N3O3S/c1-16(2,3)14-18-12(10-23-14)6-7-17-15(22)19-8-4-5-11(9-19)13(20)21/h10-11H,4-9H2,1-3H3,(H,17,22)(H,20,21). The average Bonchev–Trinajstić information content (AvgIpc) is 2.96. The second kappa shape index (κ2) is 7.29. The number of aliphatic carboxylic acids is 1. The Kier molecular flexibility index (Phi) is 5.62. The molecule has 2 rings (SSSR count). The van der Waals surface area contributed by atoms with Gasteiger partial charge in [-0.3, -0.25) is 4.79 Å². The number of piperidine rings is 1. The molecule has 0 spiro atoms. The zero-order valence-corrected chi connectivity index (χ0v) is 14.8. The number of carbonyl (C=O) groups excluding carboxylic acids is 1. The van der Waals surface area contributed by atoms with Gasteiger partial charge in [-0.25, -0.2) is 9.78 Å². The Bertz CT molecular complexity index is 565. The van der Waals surface area contributed by atoms with Gasteiger partial charge in [0.15, 0.2) is 0 Å². The largest absolute Gasteiger partial charge is 0.481 e. The first kappa shape index (κ1) is 17.7. The highest BCUT2D eigenvalue weighted by Crippen LogP contribution is 2.25. The van der Waals surface area contributed by atoms with Gasteiger partial charge in [0.1, 0.15) is 0 Å². The monoisotopic (exact) mass is 339 g/mol. The van der Waals surface area contributed by atoms with Crippen LogP contribution >= 0.6 is 11.3 Å². The summed E-state index contributed by atoms with van der Waals surface area (Å²) in [5.74, 6) is -1.26. The van der Waals surface area contributed by atoms with E-state index in [1.54, 1.807) is 16.2 Å². The van der Waals surface area contributed by atoms with Gasteiger partial charge in [0.25, 0.3) is 0 Å². The first-order chi connectivity index (χ1) is 10.8. The van der Waals surface area contributed by atoms with E-state index in [1.165, 1.54) is 0 Å². The van der Waals surface area contributed by atoms with Crippen LogP contribution < -0.4 is 5.32 Å².